The van der Waals surface area contributed by atoms with Gasteiger partial charge in [-0.1, -0.05) is 26.0 Å². The van der Waals surface area contributed by atoms with E-state index in [1.165, 1.54) is 13.0 Å². The zero-order valence-electron chi connectivity index (χ0n) is 14.7. The molecule has 1 rings (SSSR count). The minimum Gasteiger partial charge on any atom is -0.396 e. The fourth-order valence-electron chi connectivity index (χ4n) is 2.51. The maximum Gasteiger partial charge on any atom is 0.244 e. The van der Waals surface area contributed by atoms with Crippen molar-refractivity contribution in [3.8, 4) is 0 Å². The third-order valence-electron chi connectivity index (χ3n) is 3.57. The normalized spacial score (nSPS) is 12.4. The molecular formula is C19H28N2O3. The fourth-order valence-corrected chi connectivity index (χ4v) is 2.51. The second kappa shape index (κ2) is 10.6. The van der Waals surface area contributed by atoms with E-state index in [-0.39, 0.29) is 18.4 Å². The van der Waals surface area contributed by atoms with Gasteiger partial charge in [-0.15, -0.1) is 0 Å². The van der Waals surface area contributed by atoms with Gasteiger partial charge in [-0.05, 0) is 48.4 Å². The van der Waals surface area contributed by atoms with Crippen molar-refractivity contribution in [3.05, 3.63) is 35.9 Å². The second-order valence-electron chi connectivity index (χ2n) is 6.39. The molecule has 132 valence electrons. The number of hydrogen-bond acceptors (Lipinski definition) is 3. The molecule has 0 heterocycles. The minimum atomic E-state index is -0.146. The quantitative estimate of drug-likeness (QED) is 0.609. The molecule has 1 aromatic rings. The molecule has 0 aromatic heterocycles. The van der Waals surface area contributed by atoms with E-state index in [0.29, 0.717) is 24.8 Å². The van der Waals surface area contributed by atoms with E-state index >= 15 is 0 Å². The molecule has 3 N–H and O–H groups in total. The molecule has 24 heavy (non-hydrogen) atoms. The summed E-state index contributed by atoms with van der Waals surface area (Å²) in [5.41, 5.74) is 1.61. The highest BCUT2D eigenvalue weighted by molar-refractivity contribution is 5.92. The van der Waals surface area contributed by atoms with Crippen LogP contribution in [0.25, 0.3) is 6.08 Å². The number of aliphatic hydroxyl groups is 1. The molecule has 0 aliphatic carbocycles. The number of anilines is 1. The molecule has 5 nitrogen and oxygen atoms in total. The van der Waals surface area contributed by atoms with Crippen LogP contribution in [0.4, 0.5) is 5.69 Å². The SMILES string of the molecule is CC(=O)Nc1ccc(/C=C/C(=O)NCC(CCO)CC(C)C)cc1. The van der Waals surface area contributed by atoms with Crippen LogP contribution in [0.2, 0.25) is 0 Å². The first-order chi connectivity index (χ1) is 11.4. The summed E-state index contributed by atoms with van der Waals surface area (Å²) < 4.78 is 0. The van der Waals surface area contributed by atoms with Crippen molar-refractivity contribution < 1.29 is 14.7 Å². The number of hydrogen-bond donors (Lipinski definition) is 3. The first-order valence-corrected chi connectivity index (χ1v) is 8.35. The summed E-state index contributed by atoms with van der Waals surface area (Å²) in [7, 11) is 0. The Kier molecular flexibility index (Phi) is 8.79. The Bertz CT molecular complexity index is 550. The van der Waals surface area contributed by atoms with Crippen molar-refractivity contribution in [1.29, 1.82) is 0 Å². The molecule has 1 atom stereocenters. The van der Waals surface area contributed by atoms with Crippen molar-refractivity contribution in [1.82, 2.24) is 5.32 Å². The predicted molar refractivity (Wildman–Crippen MR) is 97.4 cm³/mol. The first kappa shape index (κ1) is 19.9. The van der Waals surface area contributed by atoms with Crippen molar-refractivity contribution in [2.75, 3.05) is 18.5 Å². The number of carbonyl (C=O) groups excluding carboxylic acids is 2. The van der Waals surface area contributed by atoms with Crippen LogP contribution in [0.1, 0.15) is 39.2 Å². The highest BCUT2D eigenvalue weighted by atomic mass is 16.3. The van der Waals surface area contributed by atoms with E-state index in [1.807, 2.05) is 12.1 Å². The van der Waals surface area contributed by atoms with Gasteiger partial charge in [0.1, 0.15) is 0 Å². The second-order valence-corrected chi connectivity index (χ2v) is 6.39. The van der Waals surface area contributed by atoms with Crippen LogP contribution in [-0.2, 0) is 9.59 Å². The molecule has 0 aliphatic rings. The molecule has 0 aliphatic heterocycles. The summed E-state index contributed by atoms with van der Waals surface area (Å²) in [5, 5.41) is 14.7. The van der Waals surface area contributed by atoms with Crippen LogP contribution in [0, 0.1) is 11.8 Å². The van der Waals surface area contributed by atoms with Crippen LogP contribution < -0.4 is 10.6 Å². The van der Waals surface area contributed by atoms with Crippen LogP contribution in [0.3, 0.4) is 0 Å². The van der Waals surface area contributed by atoms with Gasteiger partial charge < -0.3 is 15.7 Å². The smallest absolute Gasteiger partial charge is 0.244 e. The van der Waals surface area contributed by atoms with E-state index < -0.39 is 0 Å². The van der Waals surface area contributed by atoms with E-state index in [9.17, 15) is 9.59 Å². The van der Waals surface area contributed by atoms with Crippen molar-refractivity contribution in [2.45, 2.75) is 33.6 Å². The van der Waals surface area contributed by atoms with E-state index in [2.05, 4.69) is 24.5 Å². The molecular weight excluding hydrogens is 304 g/mol. The molecule has 1 unspecified atom stereocenters. The Morgan fingerprint density at radius 3 is 2.42 bits per heavy atom. The molecule has 0 fully saturated rings. The largest absolute Gasteiger partial charge is 0.396 e. The number of nitrogens with one attached hydrogen (secondary N) is 2. The summed E-state index contributed by atoms with van der Waals surface area (Å²) in [6.45, 7) is 6.45. The first-order valence-electron chi connectivity index (χ1n) is 8.35. The maximum absolute atomic E-state index is 11.9. The summed E-state index contributed by atoms with van der Waals surface area (Å²) in [5.74, 6) is 0.574. The van der Waals surface area contributed by atoms with Gasteiger partial charge in [0.25, 0.3) is 0 Å². The Balaban J connectivity index is 2.48. The van der Waals surface area contributed by atoms with Gasteiger partial charge in [0.2, 0.25) is 11.8 Å². The fraction of sp³-hybridized carbons (Fsp3) is 0.474. The number of rotatable bonds is 9. The Hall–Kier alpha value is -2.14. The molecule has 1 aromatic carbocycles. The molecule has 5 heteroatoms. The van der Waals surface area contributed by atoms with Gasteiger partial charge in [-0.3, -0.25) is 9.59 Å². The lowest BCUT2D eigenvalue weighted by molar-refractivity contribution is -0.116. The topological polar surface area (TPSA) is 78.4 Å². The molecule has 0 spiro atoms. The number of amides is 2. The Morgan fingerprint density at radius 2 is 1.88 bits per heavy atom. The zero-order chi connectivity index (χ0) is 17.9. The van der Waals surface area contributed by atoms with Crippen LogP contribution >= 0.6 is 0 Å². The van der Waals surface area contributed by atoms with Crippen LogP contribution in [0.15, 0.2) is 30.3 Å². The molecule has 0 saturated heterocycles. The Labute approximate surface area is 144 Å². The summed E-state index contributed by atoms with van der Waals surface area (Å²) in [6.07, 6.45) is 4.91. The summed E-state index contributed by atoms with van der Waals surface area (Å²) in [4.78, 5) is 22.9. The molecule has 0 radical (unpaired) electrons. The number of carbonyl (C=O) groups is 2. The van der Waals surface area contributed by atoms with Crippen molar-refractivity contribution in [3.63, 3.8) is 0 Å². The zero-order valence-corrected chi connectivity index (χ0v) is 14.7. The lowest BCUT2D eigenvalue weighted by atomic mass is 9.94. The lowest BCUT2D eigenvalue weighted by Crippen LogP contribution is -2.29. The van der Waals surface area contributed by atoms with E-state index in [0.717, 1.165) is 17.7 Å². The van der Waals surface area contributed by atoms with E-state index in [4.69, 9.17) is 5.11 Å². The number of benzene rings is 1. The minimum absolute atomic E-state index is 0.114. The molecule has 2 amide bonds. The van der Waals surface area contributed by atoms with Crippen molar-refractivity contribution in [2.24, 2.45) is 11.8 Å². The molecule has 0 bridgehead atoms. The van der Waals surface area contributed by atoms with Crippen LogP contribution in [-0.4, -0.2) is 30.1 Å². The molecule has 0 saturated carbocycles. The number of aliphatic hydroxyl groups excluding tert-OH is 1. The van der Waals surface area contributed by atoms with Crippen LogP contribution in [0.5, 0.6) is 0 Å². The van der Waals surface area contributed by atoms with Crippen molar-refractivity contribution >= 4 is 23.6 Å². The van der Waals surface area contributed by atoms with Gasteiger partial charge in [0.15, 0.2) is 0 Å². The van der Waals surface area contributed by atoms with Gasteiger partial charge in [-0.25, -0.2) is 0 Å². The standard InChI is InChI=1S/C19H28N2O3/c1-14(2)12-17(10-11-22)13-20-19(24)9-6-16-4-7-18(8-5-16)21-15(3)23/h4-9,14,17,22H,10-13H2,1-3H3,(H,20,24)(H,21,23)/b9-6+. The monoisotopic (exact) mass is 332 g/mol. The third kappa shape index (κ3) is 8.48. The highest BCUT2D eigenvalue weighted by Gasteiger charge is 2.11. The summed E-state index contributed by atoms with van der Waals surface area (Å²) in [6, 6.07) is 7.25. The van der Waals surface area contributed by atoms with Gasteiger partial charge in [-0.2, -0.15) is 0 Å². The van der Waals surface area contributed by atoms with Gasteiger partial charge >= 0.3 is 0 Å². The third-order valence-corrected chi connectivity index (χ3v) is 3.57. The average Bonchev–Trinajstić information content (AvgIpc) is 2.51. The lowest BCUT2D eigenvalue weighted by Gasteiger charge is -2.18. The van der Waals surface area contributed by atoms with Gasteiger partial charge in [0.05, 0.1) is 0 Å². The maximum atomic E-state index is 11.9. The van der Waals surface area contributed by atoms with E-state index in [1.54, 1.807) is 18.2 Å². The Morgan fingerprint density at radius 1 is 1.21 bits per heavy atom. The van der Waals surface area contributed by atoms with Gasteiger partial charge in [0, 0.05) is 31.8 Å². The highest BCUT2D eigenvalue weighted by Crippen LogP contribution is 2.14. The predicted octanol–water partition coefficient (Wildman–Crippen LogP) is 2.82. The summed E-state index contributed by atoms with van der Waals surface area (Å²) >= 11 is 0. The average molecular weight is 332 g/mol.